The summed E-state index contributed by atoms with van der Waals surface area (Å²) in [7, 11) is 4.02. The molecule has 4 aromatic carbocycles. The average Bonchev–Trinajstić information content (AvgIpc) is 3.33. The Hall–Kier alpha value is -5.05. The Morgan fingerprint density at radius 1 is 0.868 bits per heavy atom. The first-order chi connectivity index (χ1) is 18.5. The van der Waals surface area contributed by atoms with Gasteiger partial charge in [0.05, 0.1) is 17.1 Å². The van der Waals surface area contributed by atoms with Crippen LogP contribution in [0.25, 0.3) is 16.5 Å². The molecule has 0 aliphatic carbocycles. The van der Waals surface area contributed by atoms with Crippen LogP contribution in [-0.4, -0.2) is 46.1 Å². The van der Waals surface area contributed by atoms with Crippen LogP contribution in [-0.2, 0) is 16.0 Å². The Kier molecular flexibility index (Phi) is 5.80. The maximum Gasteiger partial charge on any atom is 0.241 e. The molecule has 5 aromatic rings. The third-order valence-electron chi connectivity index (χ3n) is 6.68. The van der Waals surface area contributed by atoms with E-state index in [1.54, 1.807) is 9.58 Å². The van der Waals surface area contributed by atoms with E-state index in [-0.39, 0.29) is 18.2 Å². The molecule has 1 aromatic heterocycles. The Morgan fingerprint density at radius 3 is 2.42 bits per heavy atom. The molecule has 0 atom stereocenters. The van der Waals surface area contributed by atoms with Crippen molar-refractivity contribution in [3.63, 3.8) is 0 Å². The van der Waals surface area contributed by atoms with E-state index in [2.05, 4.69) is 37.9 Å². The largest absolute Gasteiger partial charge is 0.377 e. The minimum atomic E-state index is -0.330. The van der Waals surface area contributed by atoms with Crippen molar-refractivity contribution in [3.05, 3.63) is 96.3 Å². The Labute approximate surface area is 219 Å². The van der Waals surface area contributed by atoms with Gasteiger partial charge in [0.1, 0.15) is 6.42 Å². The minimum Gasteiger partial charge on any atom is -0.377 e. The maximum atomic E-state index is 13.2. The van der Waals surface area contributed by atoms with Crippen LogP contribution in [0.4, 0.5) is 22.7 Å². The van der Waals surface area contributed by atoms with Crippen LogP contribution < -0.4 is 15.1 Å². The van der Waals surface area contributed by atoms with Crippen molar-refractivity contribution < 1.29 is 9.59 Å². The van der Waals surface area contributed by atoms with Crippen LogP contribution >= 0.6 is 0 Å². The lowest BCUT2D eigenvalue weighted by Gasteiger charge is -2.23. The molecule has 0 spiro atoms. The van der Waals surface area contributed by atoms with Gasteiger partial charge < -0.3 is 10.2 Å². The first kappa shape index (κ1) is 23.4. The molecule has 0 radical (unpaired) electrons. The SMILES string of the molecule is CN(C)c1ccccc1Cc1nnnn1-c1ccc(N2C(=O)CC(=O)Nc3c2ccc2ccccc32)cc1. The molecule has 1 N–H and O–H groups in total. The topological polar surface area (TPSA) is 96.2 Å². The Bertz CT molecular complexity index is 1670. The van der Waals surface area contributed by atoms with E-state index in [9.17, 15) is 9.59 Å². The summed E-state index contributed by atoms with van der Waals surface area (Å²) in [4.78, 5) is 29.4. The van der Waals surface area contributed by atoms with Gasteiger partial charge in [0.15, 0.2) is 5.82 Å². The quantitative estimate of drug-likeness (QED) is 0.355. The van der Waals surface area contributed by atoms with Crippen LogP contribution in [0.3, 0.4) is 0 Å². The zero-order chi connectivity index (χ0) is 26.2. The number of carbonyl (C=O) groups excluding carboxylic acids is 2. The van der Waals surface area contributed by atoms with Crippen LogP contribution in [0.15, 0.2) is 84.9 Å². The van der Waals surface area contributed by atoms with Gasteiger partial charge >= 0.3 is 0 Å². The molecule has 1 aliphatic rings. The summed E-state index contributed by atoms with van der Waals surface area (Å²) in [6, 6.07) is 27.2. The maximum absolute atomic E-state index is 13.2. The number of amides is 2. The van der Waals surface area contributed by atoms with Gasteiger partial charge in [-0.15, -0.1) is 5.10 Å². The molecular formula is C29H25N7O2. The monoisotopic (exact) mass is 503 g/mol. The molecule has 0 unspecified atom stereocenters. The average molecular weight is 504 g/mol. The van der Waals surface area contributed by atoms with E-state index in [0.717, 1.165) is 27.7 Å². The molecule has 2 heterocycles. The molecule has 0 saturated carbocycles. The number of hydrogen-bond donors (Lipinski definition) is 1. The highest BCUT2D eigenvalue weighted by atomic mass is 16.2. The van der Waals surface area contributed by atoms with Crippen molar-refractivity contribution in [1.29, 1.82) is 0 Å². The highest BCUT2D eigenvalue weighted by Crippen LogP contribution is 2.40. The third-order valence-corrected chi connectivity index (χ3v) is 6.68. The van der Waals surface area contributed by atoms with E-state index in [1.807, 2.05) is 86.9 Å². The van der Waals surface area contributed by atoms with Crippen molar-refractivity contribution in [2.75, 3.05) is 29.2 Å². The number of nitrogens with one attached hydrogen (secondary N) is 1. The van der Waals surface area contributed by atoms with Gasteiger partial charge in [0.25, 0.3) is 0 Å². The fourth-order valence-electron chi connectivity index (χ4n) is 4.92. The second kappa shape index (κ2) is 9.44. The molecule has 1 aliphatic heterocycles. The van der Waals surface area contributed by atoms with Crippen LogP contribution in [0.5, 0.6) is 0 Å². The van der Waals surface area contributed by atoms with Gasteiger partial charge in [-0.05, 0) is 57.8 Å². The van der Waals surface area contributed by atoms with E-state index in [4.69, 9.17) is 0 Å². The van der Waals surface area contributed by atoms with Crippen LogP contribution in [0.1, 0.15) is 17.8 Å². The van der Waals surface area contributed by atoms with Crippen molar-refractivity contribution in [1.82, 2.24) is 20.2 Å². The van der Waals surface area contributed by atoms with Crippen LogP contribution in [0.2, 0.25) is 0 Å². The first-order valence-electron chi connectivity index (χ1n) is 12.3. The number of hydrogen-bond acceptors (Lipinski definition) is 6. The molecule has 0 bridgehead atoms. The molecule has 188 valence electrons. The Balaban J connectivity index is 1.36. The number of para-hydroxylation sites is 1. The molecule has 9 nitrogen and oxygen atoms in total. The number of benzene rings is 4. The number of rotatable bonds is 5. The predicted molar refractivity (Wildman–Crippen MR) is 147 cm³/mol. The summed E-state index contributed by atoms with van der Waals surface area (Å²) in [6.45, 7) is 0. The lowest BCUT2D eigenvalue weighted by molar-refractivity contribution is -0.124. The zero-order valence-corrected chi connectivity index (χ0v) is 21.0. The van der Waals surface area contributed by atoms with Gasteiger partial charge in [0.2, 0.25) is 11.8 Å². The number of aromatic nitrogens is 4. The normalized spacial score (nSPS) is 13.3. The van der Waals surface area contributed by atoms with Crippen molar-refractivity contribution in [3.8, 4) is 5.69 Å². The second-order valence-electron chi connectivity index (χ2n) is 9.36. The summed E-state index contributed by atoms with van der Waals surface area (Å²) in [5.74, 6) is 0.0697. The van der Waals surface area contributed by atoms with Gasteiger partial charge in [-0.2, -0.15) is 4.68 Å². The molecular weight excluding hydrogens is 478 g/mol. The van der Waals surface area contributed by atoms with E-state index in [1.165, 1.54) is 0 Å². The highest BCUT2D eigenvalue weighted by molar-refractivity contribution is 6.21. The second-order valence-corrected chi connectivity index (χ2v) is 9.36. The summed E-state index contributed by atoms with van der Waals surface area (Å²) in [6.07, 6.45) is 0.315. The van der Waals surface area contributed by atoms with Crippen molar-refractivity contribution >= 4 is 45.3 Å². The summed E-state index contributed by atoms with van der Waals surface area (Å²) < 4.78 is 1.70. The highest BCUT2D eigenvalue weighted by Gasteiger charge is 2.28. The molecule has 0 saturated heterocycles. The van der Waals surface area contributed by atoms with E-state index < -0.39 is 0 Å². The number of carbonyl (C=O) groups is 2. The van der Waals surface area contributed by atoms with Crippen molar-refractivity contribution in [2.24, 2.45) is 0 Å². The zero-order valence-electron chi connectivity index (χ0n) is 21.0. The standard InChI is InChI=1S/C29H25N7O2/c1-34(2)24-10-6-4-8-20(24)17-26-31-32-33-36(26)22-14-12-21(13-15-22)35-25-16-11-19-7-3-5-9-23(19)29(25)30-27(37)18-28(35)38/h3-16H,17-18H2,1-2H3,(H,30,37). The lowest BCUT2D eigenvalue weighted by Crippen LogP contribution is -2.26. The van der Waals surface area contributed by atoms with Crippen molar-refractivity contribution in [2.45, 2.75) is 12.8 Å². The fourth-order valence-corrected chi connectivity index (χ4v) is 4.92. The van der Waals surface area contributed by atoms with Gasteiger partial charge in [-0.3, -0.25) is 14.5 Å². The molecule has 38 heavy (non-hydrogen) atoms. The van der Waals surface area contributed by atoms with Gasteiger partial charge in [-0.1, -0.05) is 48.5 Å². The molecule has 6 rings (SSSR count). The van der Waals surface area contributed by atoms with Gasteiger partial charge in [-0.25, -0.2) is 0 Å². The van der Waals surface area contributed by atoms with Gasteiger partial charge in [0, 0.05) is 37.3 Å². The summed E-state index contributed by atoms with van der Waals surface area (Å²) in [5, 5.41) is 17.2. The minimum absolute atomic E-state index is 0.243. The van der Waals surface area contributed by atoms with E-state index >= 15 is 0 Å². The van der Waals surface area contributed by atoms with Crippen LogP contribution in [0, 0.1) is 0 Å². The number of tetrazole rings is 1. The lowest BCUT2D eigenvalue weighted by atomic mass is 10.1. The molecule has 9 heteroatoms. The number of fused-ring (bicyclic) bond motifs is 3. The molecule has 0 fully saturated rings. The fraction of sp³-hybridized carbons (Fsp3) is 0.138. The molecule has 2 amide bonds. The smallest absolute Gasteiger partial charge is 0.241 e. The summed E-state index contributed by atoms with van der Waals surface area (Å²) >= 11 is 0. The first-order valence-corrected chi connectivity index (χ1v) is 12.3. The number of nitrogens with zero attached hydrogens (tertiary/aromatic N) is 6. The summed E-state index contributed by atoms with van der Waals surface area (Å²) in [5.41, 5.74) is 4.90. The third kappa shape index (κ3) is 4.13. The Morgan fingerprint density at radius 2 is 1.61 bits per heavy atom. The predicted octanol–water partition coefficient (Wildman–Crippen LogP) is 4.48. The number of anilines is 4. The van der Waals surface area contributed by atoms with E-state index in [0.29, 0.717) is 29.3 Å².